The van der Waals surface area contributed by atoms with Crippen LogP contribution in [0.15, 0.2) is 41.3 Å². The quantitative estimate of drug-likeness (QED) is 0.717. The highest BCUT2D eigenvalue weighted by molar-refractivity contribution is 7.89. The normalized spacial score (nSPS) is 15.2. The van der Waals surface area contributed by atoms with Gasteiger partial charge in [0.2, 0.25) is 10.0 Å². The van der Waals surface area contributed by atoms with Crippen LogP contribution in [0.1, 0.15) is 15.9 Å². The highest BCUT2D eigenvalue weighted by Gasteiger charge is 2.32. The van der Waals surface area contributed by atoms with Crippen molar-refractivity contribution in [1.29, 1.82) is 0 Å². The van der Waals surface area contributed by atoms with Crippen molar-refractivity contribution in [3.63, 3.8) is 0 Å². The molecule has 0 N–H and O–H groups in total. The number of carbonyl (C=O) groups is 1. The minimum Gasteiger partial charge on any atom is -0.496 e. The first-order valence-electron chi connectivity index (χ1n) is 9.06. The van der Waals surface area contributed by atoms with Crippen molar-refractivity contribution in [2.45, 2.75) is 11.8 Å². The number of sulfonamides is 1. The highest BCUT2D eigenvalue weighted by atomic mass is 35.5. The maximum atomic E-state index is 13.0. The number of methoxy groups -OCH3 is 2. The van der Waals surface area contributed by atoms with Gasteiger partial charge in [0.1, 0.15) is 16.4 Å². The third-order valence-corrected chi connectivity index (χ3v) is 7.38. The Balaban J connectivity index is 1.76. The molecule has 0 radical (unpaired) electrons. The summed E-state index contributed by atoms with van der Waals surface area (Å²) < 4.78 is 37.8. The Morgan fingerprint density at radius 3 is 2.07 bits per heavy atom. The molecule has 0 saturated carbocycles. The fourth-order valence-corrected chi connectivity index (χ4v) is 5.23. The lowest BCUT2D eigenvalue weighted by molar-refractivity contribution is 0.0697. The molecule has 0 bridgehead atoms. The molecule has 2 aromatic carbocycles. The average Bonchev–Trinajstić information content (AvgIpc) is 2.73. The van der Waals surface area contributed by atoms with Crippen LogP contribution in [-0.4, -0.2) is 63.9 Å². The van der Waals surface area contributed by atoms with Gasteiger partial charge < -0.3 is 14.4 Å². The van der Waals surface area contributed by atoms with Crippen molar-refractivity contribution in [2.24, 2.45) is 0 Å². The summed E-state index contributed by atoms with van der Waals surface area (Å²) in [7, 11) is -0.638. The minimum absolute atomic E-state index is 0.0782. The summed E-state index contributed by atoms with van der Waals surface area (Å²) in [4.78, 5) is 14.7. The molecular formula is C20H23ClN2O5S. The van der Waals surface area contributed by atoms with E-state index in [4.69, 9.17) is 21.1 Å². The Morgan fingerprint density at radius 2 is 1.55 bits per heavy atom. The molecule has 1 fully saturated rings. The highest BCUT2D eigenvalue weighted by Crippen LogP contribution is 2.30. The van der Waals surface area contributed by atoms with Gasteiger partial charge in [-0.05, 0) is 31.2 Å². The summed E-state index contributed by atoms with van der Waals surface area (Å²) in [5, 5.41) is 0.185. The summed E-state index contributed by atoms with van der Waals surface area (Å²) in [6.45, 7) is 2.80. The molecule has 1 aliphatic heterocycles. The van der Waals surface area contributed by atoms with Gasteiger partial charge in [-0.2, -0.15) is 4.31 Å². The van der Waals surface area contributed by atoms with Crippen molar-refractivity contribution >= 4 is 27.5 Å². The van der Waals surface area contributed by atoms with E-state index in [0.29, 0.717) is 17.1 Å². The van der Waals surface area contributed by atoms with E-state index in [-0.39, 0.29) is 42.0 Å². The van der Waals surface area contributed by atoms with Crippen LogP contribution in [0, 0.1) is 6.92 Å². The molecule has 0 unspecified atom stereocenters. The molecule has 0 aliphatic carbocycles. The van der Waals surface area contributed by atoms with Gasteiger partial charge in [0, 0.05) is 37.3 Å². The van der Waals surface area contributed by atoms with Gasteiger partial charge in [-0.1, -0.05) is 23.7 Å². The smallest absolute Gasteiger partial charge is 0.254 e. The standard InChI is InChI=1S/C20H23ClN2O5S/c1-14-17(27-2)12-15(13-18(14)28-3)20(24)22-8-10-23(11-9-22)29(25,26)19-7-5-4-6-16(19)21/h4-7,12-13H,8-11H2,1-3H3. The molecule has 0 aromatic heterocycles. The molecule has 0 atom stereocenters. The summed E-state index contributed by atoms with van der Waals surface area (Å²) >= 11 is 6.06. The number of carbonyl (C=O) groups excluding carboxylic acids is 1. The predicted octanol–water partition coefficient (Wildman–Crippen LogP) is 2.81. The third-order valence-electron chi connectivity index (χ3n) is 4.98. The van der Waals surface area contributed by atoms with Gasteiger partial charge >= 0.3 is 0 Å². The van der Waals surface area contributed by atoms with Crippen LogP contribution in [-0.2, 0) is 10.0 Å². The monoisotopic (exact) mass is 438 g/mol. The van der Waals surface area contributed by atoms with E-state index < -0.39 is 10.0 Å². The number of hydrogen-bond acceptors (Lipinski definition) is 5. The lowest BCUT2D eigenvalue weighted by atomic mass is 10.1. The van der Waals surface area contributed by atoms with E-state index in [1.54, 1.807) is 35.2 Å². The van der Waals surface area contributed by atoms with Crippen LogP contribution >= 0.6 is 11.6 Å². The lowest BCUT2D eigenvalue weighted by Crippen LogP contribution is -2.50. The maximum Gasteiger partial charge on any atom is 0.254 e. The van der Waals surface area contributed by atoms with Crippen molar-refractivity contribution < 1.29 is 22.7 Å². The van der Waals surface area contributed by atoms with Crippen molar-refractivity contribution in [2.75, 3.05) is 40.4 Å². The Morgan fingerprint density at radius 1 is 1.00 bits per heavy atom. The first kappa shape index (κ1) is 21.4. The second kappa shape index (κ2) is 8.61. The molecule has 0 spiro atoms. The number of rotatable bonds is 5. The molecule has 1 saturated heterocycles. The number of amides is 1. The van der Waals surface area contributed by atoms with Gasteiger partial charge in [-0.3, -0.25) is 4.79 Å². The summed E-state index contributed by atoms with van der Waals surface area (Å²) in [6.07, 6.45) is 0. The fourth-order valence-electron chi connectivity index (χ4n) is 3.32. The van der Waals surface area contributed by atoms with Crippen LogP contribution in [0.25, 0.3) is 0 Å². The van der Waals surface area contributed by atoms with E-state index in [1.165, 1.54) is 24.6 Å². The molecule has 1 amide bonds. The third kappa shape index (κ3) is 4.19. The molecule has 7 nitrogen and oxygen atoms in total. The molecule has 9 heteroatoms. The van der Waals surface area contributed by atoms with E-state index in [9.17, 15) is 13.2 Å². The van der Waals surface area contributed by atoms with Crippen molar-refractivity contribution in [1.82, 2.24) is 9.21 Å². The molecule has 3 rings (SSSR count). The minimum atomic E-state index is -3.71. The molecule has 29 heavy (non-hydrogen) atoms. The molecule has 156 valence electrons. The molecular weight excluding hydrogens is 416 g/mol. The number of piperazine rings is 1. The second-order valence-electron chi connectivity index (χ2n) is 6.63. The Hall–Kier alpha value is -2.29. The summed E-state index contributed by atoms with van der Waals surface area (Å²) in [6, 6.07) is 9.70. The Kier molecular flexibility index (Phi) is 6.36. The van der Waals surface area contributed by atoms with E-state index in [1.807, 2.05) is 6.92 Å². The Labute approximate surface area is 175 Å². The van der Waals surface area contributed by atoms with Gasteiger partial charge in [0.15, 0.2) is 0 Å². The van der Waals surface area contributed by atoms with E-state index in [2.05, 4.69) is 0 Å². The summed E-state index contributed by atoms with van der Waals surface area (Å²) in [5.41, 5.74) is 1.24. The molecule has 2 aromatic rings. The first-order valence-corrected chi connectivity index (χ1v) is 10.9. The zero-order chi connectivity index (χ0) is 21.2. The number of nitrogens with zero attached hydrogens (tertiary/aromatic N) is 2. The zero-order valence-electron chi connectivity index (χ0n) is 16.5. The lowest BCUT2D eigenvalue weighted by Gasteiger charge is -2.34. The topological polar surface area (TPSA) is 76.2 Å². The van der Waals surface area contributed by atoms with Crippen molar-refractivity contribution in [3.05, 3.63) is 52.5 Å². The maximum absolute atomic E-state index is 13.0. The van der Waals surface area contributed by atoms with Crippen LogP contribution in [0.5, 0.6) is 11.5 Å². The number of hydrogen-bond donors (Lipinski definition) is 0. The SMILES string of the molecule is COc1cc(C(=O)N2CCN(S(=O)(=O)c3ccccc3Cl)CC2)cc(OC)c1C. The number of halogens is 1. The van der Waals surface area contributed by atoms with Crippen LogP contribution in [0.3, 0.4) is 0 Å². The van der Waals surface area contributed by atoms with E-state index in [0.717, 1.165) is 5.56 Å². The number of benzene rings is 2. The Bertz CT molecular complexity index is 992. The van der Waals surface area contributed by atoms with Gasteiger partial charge in [0.25, 0.3) is 5.91 Å². The van der Waals surface area contributed by atoms with Crippen LogP contribution in [0.2, 0.25) is 5.02 Å². The molecule has 1 heterocycles. The fraction of sp³-hybridized carbons (Fsp3) is 0.350. The molecule has 1 aliphatic rings. The second-order valence-corrected chi connectivity index (χ2v) is 8.95. The predicted molar refractivity (Wildman–Crippen MR) is 110 cm³/mol. The first-order chi connectivity index (χ1) is 13.8. The van der Waals surface area contributed by atoms with Crippen molar-refractivity contribution in [3.8, 4) is 11.5 Å². The number of ether oxygens (including phenoxy) is 2. The summed E-state index contributed by atoms with van der Waals surface area (Å²) in [5.74, 6) is 0.927. The largest absolute Gasteiger partial charge is 0.496 e. The average molecular weight is 439 g/mol. The zero-order valence-corrected chi connectivity index (χ0v) is 18.1. The van der Waals surface area contributed by atoms with Gasteiger partial charge in [-0.25, -0.2) is 8.42 Å². The van der Waals surface area contributed by atoms with E-state index >= 15 is 0 Å². The van der Waals surface area contributed by atoms with Crippen LogP contribution < -0.4 is 9.47 Å². The van der Waals surface area contributed by atoms with Gasteiger partial charge in [0.05, 0.1) is 19.2 Å². The van der Waals surface area contributed by atoms with Crippen LogP contribution in [0.4, 0.5) is 0 Å². The van der Waals surface area contributed by atoms with Gasteiger partial charge in [-0.15, -0.1) is 0 Å².